The summed E-state index contributed by atoms with van der Waals surface area (Å²) >= 11 is 0. The molecular formula is C13H17N5O2. The maximum absolute atomic E-state index is 11.9. The van der Waals surface area contributed by atoms with Crippen molar-refractivity contribution in [1.29, 1.82) is 0 Å². The number of ether oxygens (including phenoxy) is 1. The molecule has 2 aromatic heterocycles. The van der Waals surface area contributed by atoms with Crippen LogP contribution in [0.3, 0.4) is 0 Å². The molecule has 0 radical (unpaired) electrons. The second-order valence-corrected chi connectivity index (χ2v) is 4.32. The molecular weight excluding hydrogens is 258 g/mol. The lowest BCUT2D eigenvalue weighted by molar-refractivity contribution is 0.248. The lowest BCUT2D eigenvalue weighted by atomic mass is 10.3. The number of carbonyl (C=O) groups is 1. The van der Waals surface area contributed by atoms with Crippen molar-refractivity contribution in [2.24, 2.45) is 0 Å². The van der Waals surface area contributed by atoms with Crippen LogP contribution in [0.25, 0.3) is 0 Å². The summed E-state index contributed by atoms with van der Waals surface area (Å²) in [6.45, 7) is 2.57. The minimum atomic E-state index is -0.302. The Labute approximate surface area is 117 Å². The van der Waals surface area contributed by atoms with Crippen molar-refractivity contribution < 1.29 is 9.53 Å². The van der Waals surface area contributed by atoms with Gasteiger partial charge in [0.15, 0.2) is 0 Å². The van der Waals surface area contributed by atoms with Crippen LogP contribution in [0.5, 0.6) is 5.88 Å². The molecule has 106 valence electrons. The highest BCUT2D eigenvalue weighted by Gasteiger charge is 2.10. The van der Waals surface area contributed by atoms with Gasteiger partial charge in [0, 0.05) is 31.2 Å². The number of urea groups is 1. The summed E-state index contributed by atoms with van der Waals surface area (Å²) in [5, 5.41) is 5.55. The molecule has 1 atom stereocenters. The van der Waals surface area contributed by atoms with Gasteiger partial charge in [-0.1, -0.05) is 0 Å². The molecule has 2 aromatic rings. The number of nitrogens with zero attached hydrogens (tertiary/aromatic N) is 3. The first-order valence-electron chi connectivity index (χ1n) is 6.21. The van der Waals surface area contributed by atoms with Crippen molar-refractivity contribution in [3.8, 4) is 5.88 Å². The van der Waals surface area contributed by atoms with Gasteiger partial charge < -0.3 is 19.9 Å². The Morgan fingerprint density at radius 1 is 1.50 bits per heavy atom. The molecule has 7 nitrogen and oxygen atoms in total. The standard InChI is InChI=1S/C13H17N5O2/c1-10(8-18-7-6-14-9-18)16-13(19)17-11-4-3-5-15-12(11)20-2/h3-7,9-10H,8H2,1-2H3,(H2,16,17,19)/t10-/m1/s1. The quantitative estimate of drug-likeness (QED) is 0.866. The zero-order valence-corrected chi connectivity index (χ0v) is 11.4. The summed E-state index contributed by atoms with van der Waals surface area (Å²) in [4.78, 5) is 19.9. The number of rotatable bonds is 5. The van der Waals surface area contributed by atoms with E-state index in [0.717, 1.165) is 0 Å². The van der Waals surface area contributed by atoms with Crippen LogP contribution in [0.4, 0.5) is 10.5 Å². The Hall–Kier alpha value is -2.57. The van der Waals surface area contributed by atoms with Crippen LogP contribution in [0.1, 0.15) is 6.92 Å². The smallest absolute Gasteiger partial charge is 0.319 e. The van der Waals surface area contributed by atoms with E-state index in [1.165, 1.54) is 7.11 Å². The minimum absolute atomic E-state index is 0.0353. The highest BCUT2D eigenvalue weighted by molar-refractivity contribution is 5.90. The van der Waals surface area contributed by atoms with E-state index < -0.39 is 0 Å². The predicted molar refractivity (Wildman–Crippen MR) is 74.6 cm³/mol. The molecule has 2 amide bonds. The highest BCUT2D eigenvalue weighted by atomic mass is 16.5. The second-order valence-electron chi connectivity index (χ2n) is 4.32. The van der Waals surface area contributed by atoms with Gasteiger partial charge in [0.2, 0.25) is 5.88 Å². The van der Waals surface area contributed by atoms with Crippen LogP contribution in [0.15, 0.2) is 37.1 Å². The summed E-state index contributed by atoms with van der Waals surface area (Å²) in [5.41, 5.74) is 0.530. The summed E-state index contributed by atoms with van der Waals surface area (Å²) < 4.78 is 6.97. The number of imidazole rings is 1. The average molecular weight is 275 g/mol. The highest BCUT2D eigenvalue weighted by Crippen LogP contribution is 2.19. The monoisotopic (exact) mass is 275 g/mol. The topological polar surface area (TPSA) is 81.1 Å². The fourth-order valence-corrected chi connectivity index (χ4v) is 1.79. The number of aromatic nitrogens is 3. The Morgan fingerprint density at radius 3 is 3.05 bits per heavy atom. The average Bonchev–Trinajstić information content (AvgIpc) is 2.91. The third-order valence-corrected chi connectivity index (χ3v) is 2.63. The molecule has 2 N–H and O–H groups in total. The minimum Gasteiger partial charge on any atom is -0.480 e. The fourth-order valence-electron chi connectivity index (χ4n) is 1.79. The van der Waals surface area contributed by atoms with E-state index in [0.29, 0.717) is 18.1 Å². The molecule has 0 saturated heterocycles. The van der Waals surface area contributed by atoms with E-state index in [9.17, 15) is 4.79 Å². The Balaban J connectivity index is 1.88. The SMILES string of the molecule is COc1ncccc1NC(=O)N[C@H](C)Cn1ccnc1. The number of amides is 2. The lowest BCUT2D eigenvalue weighted by Gasteiger charge is -2.15. The van der Waals surface area contributed by atoms with Gasteiger partial charge in [-0.3, -0.25) is 0 Å². The number of methoxy groups -OCH3 is 1. The molecule has 20 heavy (non-hydrogen) atoms. The van der Waals surface area contributed by atoms with Gasteiger partial charge in [-0.15, -0.1) is 0 Å². The van der Waals surface area contributed by atoms with Gasteiger partial charge in [-0.25, -0.2) is 14.8 Å². The first-order chi connectivity index (χ1) is 9.69. The third-order valence-electron chi connectivity index (χ3n) is 2.63. The van der Waals surface area contributed by atoms with Crippen LogP contribution in [0.2, 0.25) is 0 Å². The zero-order chi connectivity index (χ0) is 14.4. The van der Waals surface area contributed by atoms with Crippen LogP contribution in [-0.4, -0.2) is 33.7 Å². The molecule has 2 heterocycles. The second kappa shape index (κ2) is 6.55. The Bertz CT molecular complexity index is 556. The van der Waals surface area contributed by atoms with Gasteiger partial charge in [0.1, 0.15) is 5.69 Å². The van der Waals surface area contributed by atoms with Crippen molar-refractivity contribution in [2.75, 3.05) is 12.4 Å². The number of nitrogens with one attached hydrogen (secondary N) is 2. The summed E-state index contributed by atoms with van der Waals surface area (Å²) in [6, 6.07) is 3.12. The summed E-state index contributed by atoms with van der Waals surface area (Å²) in [7, 11) is 1.51. The number of carbonyl (C=O) groups excluding carboxylic acids is 1. The Kier molecular flexibility index (Phi) is 4.54. The van der Waals surface area contributed by atoms with E-state index in [1.54, 1.807) is 30.9 Å². The number of hydrogen-bond acceptors (Lipinski definition) is 4. The molecule has 0 unspecified atom stereocenters. The molecule has 2 rings (SSSR count). The van der Waals surface area contributed by atoms with Gasteiger partial charge in [0.05, 0.1) is 13.4 Å². The zero-order valence-electron chi connectivity index (χ0n) is 11.4. The van der Waals surface area contributed by atoms with E-state index in [4.69, 9.17) is 4.74 Å². The van der Waals surface area contributed by atoms with Crippen molar-refractivity contribution in [1.82, 2.24) is 19.9 Å². The third kappa shape index (κ3) is 3.71. The molecule has 0 spiro atoms. The van der Waals surface area contributed by atoms with Crippen molar-refractivity contribution in [3.63, 3.8) is 0 Å². The first-order valence-corrected chi connectivity index (χ1v) is 6.21. The number of pyridine rings is 1. The molecule has 0 aromatic carbocycles. The van der Waals surface area contributed by atoms with Crippen molar-refractivity contribution in [3.05, 3.63) is 37.1 Å². The number of hydrogen-bond donors (Lipinski definition) is 2. The van der Waals surface area contributed by atoms with E-state index in [1.807, 2.05) is 17.7 Å². The molecule has 0 aliphatic carbocycles. The van der Waals surface area contributed by atoms with E-state index in [-0.39, 0.29) is 12.1 Å². The maximum atomic E-state index is 11.9. The van der Waals surface area contributed by atoms with Gasteiger partial charge in [-0.2, -0.15) is 0 Å². The maximum Gasteiger partial charge on any atom is 0.319 e. The lowest BCUT2D eigenvalue weighted by Crippen LogP contribution is -2.38. The largest absolute Gasteiger partial charge is 0.480 e. The summed E-state index contributed by atoms with van der Waals surface area (Å²) in [5.74, 6) is 0.380. The van der Waals surface area contributed by atoms with Gasteiger partial charge in [0.25, 0.3) is 0 Å². The predicted octanol–water partition coefficient (Wildman–Crippen LogP) is 1.50. The summed E-state index contributed by atoms with van der Waals surface area (Å²) in [6.07, 6.45) is 6.86. The van der Waals surface area contributed by atoms with Crippen molar-refractivity contribution >= 4 is 11.7 Å². The fraction of sp³-hybridized carbons (Fsp3) is 0.308. The molecule has 0 aliphatic rings. The molecule has 7 heteroatoms. The molecule has 0 fully saturated rings. The molecule has 0 saturated carbocycles. The van der Waals surface area contributed by atoms with E-state index >= 15 is 0 Å². The van der Waals surface area contributed by atoms with Gasteiger partial charge >= 0.3 is 6.03 Å². The molecule has 0 bridgehead atoms. The van der Waals surface area contributed by atoms with Crippen molar-refractivity contribution in [2.45, 2.75) is 19.5 Å². The Morgan fingerprint density at radius 2 is 2.35 bits per heavy atom. The van der Waals surface area contributed by atoms with Gasteiger partial charge in [-0.05, 0) is 19.1 Å². The normalized spacial score (nSPS) is 11.7. The molecule has 0 aliphatic heterocycles. The first kappa shape index (κ1) is 13.9. The van der Waals surface area contributed by atoms with Crippen LogP contribution in [0, 0.1) is 0 Å². The van der Waals surface area contributed by atoms with Crippen LogP contribution in [-0.2, 0) is 6.54 Å². The number of anilines is 1. The van der Waals surface area contributed by atoms with Crippen LogP contribution < -0.4 is 15.4 Å². The van der Waals surface area contributed by atoms with E-state index in [2.05, 4.69) is 20.6 Å². The van der Waals surface area contributed by atoms with Crippen LogP contribution >= 0.6 is 0 Å².